The van der Waals surface area contributed by atoms with E-state index < -0.39 is 17.7 Å². The van der Waals surface area contributed by atoms with Crippen LogP contribution in [0, 0.1) is 5.82 Å². The standard InChI is InChI=1S/C30H25Cl2FN6O5/c1-37-35-28(34-36-37)16-7-22(31)26(23(32)8-16)29(40)38-11-15-3-2-4-19(27(15)44-14-38)20-10-25(21(30(41)42)9-24(20)33)39-17-5-6-18(39)13-43-12-17/h2-4,7-10,17-18H,5-6,11-14H2,1H3,(H,41,42). The number of nitrogens with zero attached hydrogens (tertiary/aromatic N) is 6. The van der Waals surface area contributed by atoms with E-state index in [-0.39, 0.29) is 52.1 Å². The number of rotatable bonds is 5. The van der Waals surface area contributed by atoms with Crippen LogP contribution in [0.5, 0.6) is 5.75 Å². The first-order chi connectivity index (χ1) is 21.2. The normalized spacial score (nSPS) is 19.1. The van der Waals surface area contributed by atoms with Crippen molar-refractivity contribution in [3.8, 4) is 28.3 Å². The molecule has 2 fully saturated rings. The number of benzene rings is 3. The third-order valence-electron chi connectivity index (χ3n) is 8.26. The first-order valence-corrected chi connectivity index (χ1v) is 14.7. The summed E-state index contributed by atoms with van der Waals surface area (Å²) in [5.74, 6) is -1.60. The van der Waals surface area contributed by atoms with Gasteiger partial charge in [-0.25, -0.2) is 9.18 Å². The van der Waals surface area contributed by atoms with Crippen molar-refractivity contribution >= 4 is 40.8 Å². The number of halogens is 3. The van der Waals surface area contributed by atoms with E-state index in [0.29, 0.717) is 47.2 Å². The van der Waals surface area contributed by atoms with Crippen LogP contribution >= 0.6 is 23.2 Å². The number of carboxylic acids is 1. The Morgan fingerprint density at radius 1 is 1.05 bits per heavy atom. The molecule has 2 atom stereocenters. The zero-order chi connectivity index (χ0) is 30.7. The molecule has 3 aliphatic rings. The van der Waals surface area contributed by atoms with E-state index in [4.69, 9.17) is 32.7 Å². The summed E-state index contributed by atoms with van der Waals surface area (Å²) in [5, 5.41) is 22.1. The molecule has 4 heterocycles. The molecule has 7 rings (SSSR count). The Balaban J connectivity index is 1.21. The van der Waals surface area contributed by atoms with Gasteiger partial charge in [0.15, 0.2) is 6.73 Å². The van der Waals surface area contributed by atoms with Crippen molar-refractivity contribution in [2.45, 2.75) is 31.5 Å². The molecule has 1 aromatic heterocycles. The van der Waals surface area contributed by atoms with Gasteiger partial charge in [0.1, 0.15) is 11.6 Å². The fraction of sp³-hybridized carbons (Fsp3) is 0.300. The maximum Gasteiger partial charge on any atom is 0.337 e. The zero-order valence-electron chi connectivity index (χ0n) is 23.3. The van der Waals surface area contributed by atoms with Gasteiger partial charge in [-0.3, -0.25) is 4.79 Å². The van der Waals surface area contributed by atoms with Crippen LogP contribution in [0.2, 0.25) is 10.0 Å². The summed E-state index contributed by atoms with van der Waals surface area (Å²) in [6.07, 6.45) is 1.75. The van der Waals surface area contributed by atoms with Crippen molar-refractivity contribution in [3.05, 3.63) is 75.0 Å². The highest BCUT2D eigenvalue weighted by atomic mass is 35.5. The fourth-order valence-electron chi connectivity index (χ4n) is 6.26. The largest absolute Gasteiger partial charge is 0.478 e. The number of anilines is 1. The molecule has 4 aromatic rings. The van der Waals surface area contributed by atoms with E-state index in [2.05, 4.69) is 20.3 Å². The Morgan fingerprint density at radius 2 is 1.77 bits per heavy atom. The number of hydrogen-bond acceptors (Lipinski definition) is 8. The van der Waals surface area contributed by atoms with E-state index in [1.807, 2.05) is 0 Å². The average Bonchev–Trinajstić information content (AvgIpc) is 3.54. The lowest BCUT2D eigenvalue weighted by Crippen LogP contribution is -2.46. The number of para-hydroxylation sites is 1. The van der Waals surface area contributed by atoms with E-state index in [9.17, 15) is 14.7 Å². The van der Waals surface area contributed by atoms with Crippen molar-refractivity contribution in [2.75, 3.05) is 24.8 Å². The molecule has 2 saturated heterocycles. The van der Waals surface area contributed by atoms with E-state index in [1.165, 1.54) is 9.70 Å². The van der Waals surface area contributed by atoms with Crippen molar-refractivity contribution in [1.29, 1.82) is 0 Å². The Bertz CT molecular complexity index is 1790. The third kappa shape index (κ3) is 4.83. The number of aryl methyl sites for hydroxylation is 1. The van der Waals surface area contributed by atoms with Crippen LogP contribution in [0.4, 0.5) is 10.1 Å². The molecule has 0 radical (unpaired) electrons. The number of hydrogen-bond donors (Lipinski definition) is 1. The maximum absolute atomic E-state index is 15.6. The predicted octanol–water partition coefficient (Wildman–Crippen LogP) is 5.05. The molecule has 2 bridgehead atoms. The number of ether oxygens (including phenoxy) is 2. The lowest BCUT2D eigenvalue weighted by Gasteiger charge is -2.37. The third-order valence-corrected chi connectivity index (χ3v) is 8.85. The number of aromatic carboxylic acids is 1. The molecule has 0 spiro atoms. The molecule has 1 N–H and O–H groups in total. The molecule has 0 aliphatic carbocycles. The minimum atomic E-state index is -1.20. The second-order valence-corrected chi connectivity index (χ2v) is 11.8. The fourth-order valence-corrected chi connectivity index (χ4v) is 6.90. The monoisotopic (exact) mass is 638 g/mol. The Morgan fingerprint density at radius 3 is 2.43 bits per heavy atom. The second-order valence-electron chi connectivity index (χ2n) is 11.0. The molecular formula is C30H25Cl2FN6O5. The summed E-state index contributed by atoms with van der Waals surface area (Å²) in [5.41, 5.74) is 2.29. The Labute approximate surface area is 260 Å². The van der Waals surface area contributed by atoms with Gasteiger partial charge in [-0.15, -0.1) is 10.2 Å². The van der Waals surface area contributed by atoms with Crippen LogP contribution in [0.25, 0.3) is 22.5 Å². The molecule has 3 aliphatic heterocycles. The van der Waals surface area contributed by atoms with Crippen LogP contribution in [0.1, 0.15) is 39.1 Å². The summed E-state index contributed by atoms with van der Waals surface area (Å²) < 4.78 is 27.4. The predicted molar refractivity (Wildman–Crippen MR) is 159 cm³/mol. The molecule has 226 valence electrons. The number of carbonyl (C=O) groups excluding carboxylic acids is 1. The summed E-state index contributed by atoms with van der Waals surface area (Å²) >= 11 is 13.0. The van der Waals surface area contributed by atoms with Gasteiger partial charge < -0.3 is 24.4 Å². The van der Waals surface area contributed by atoms with Crippen molar-refractivity contribution < 1.29 is 28.6 Å². The second kappa shape index (κ2) is 11.0. The maximum atomic E-state index is 15.6. The van der Waals surface area contributed by atoms with Gasteiger partial charge in [-0.2, -0.15) is 4.80 Å². The SMILES string of the molecule is Cn1nnc(-c2cc(Cl)c(C(=O)N3COc4c(cccc4-c4cc(N5C6CCC5COC6)c(C(=O)O)cc4F)C3)c(Cl)c2)n1. The van der Waals surface area contributed by atoms with Gasteiger partial charge in [0, 0.05) is 22.3 Å². The van der Waals surface area contributed by atoms with Gasteiger partial charge >= 0.3 is 5.97 Å². The van der Waals surface area contributed by atoms with Gasteiger partial charge in [-0.05, 0) is 42.3 Å². The number of aromatic nitrogens is 4. The van der Waals surface area contributed by atoms with Crippen LogP contribution in [-0.2, 0) is 18.3 Å². The average molecular weight is 639 g/mol. The Kier molecular flexibility index (Phi) is 7.14. The molecule has 3 aromatic carbocycles. The highest BCUT2D eigenvalue weighted by Crippen LogP contribution is 2.43. The topological polar surface area (TPSA) is 123 Å². The minimum absolute atomic E-state index is 0.0234. The lowest BCUT2D eigenvalue weighted by molar-refractivity contribution is 0.0516. The molecule has 2 unspecified atom stereocenters. The van der Waals surface area contributed by atoms with Crippen molar-refractivity contribution in [2.24, 2.45) is 7.05 Å². The quantitative estimate of drug-likeness (QED) is 0.320. The first kappa shape index (κ1) is 28.5. The molecule has 11 nitrogen and oxygen atoms in total. The molecule has 44 heavy (non-hydrogen) atoms. The number of amides is 1. The molecule has 1 amide bonds. The molecule has 0 saturated carbocycles. The Hall–Kier alpha value is -4.26. The minimum Gasteiger partial charge on any atom is -0.478 e. The lowest BCUT2D eigenvalue weighted by atomic mass is 9.96. The smallest absolute Gasteiger partial charge is 0.337 e. The van der Waals surface area contributed by atoms with E-state index in [1.54, 1.807) is 43.4 Å². The number of carboxylic acid groups (broad SMARTS) is 1. The molecule has 14 heteroatoms. The summed E-state index contributed by atoms with van der Waals surface area (Å²) in [4.78, 5) is 30.6. The number of carbonyl (C=O) groups is 2. The first-order valence-electron chi connectivity index (χ1n) is 13.9. The van der Waals surface area contributed by atoms with Gasteiger partial charge in [0.05, 0.1) is 65.7 Å². The summed E-state index contributed by atoms with van der Waals surface area (Å²) in [6.45, 7) is 0.990. The van der Waals surface area contributed by atoms with Gasteiger partial charge in [-0.1, -0.05) is 41.4 Å². The van der Waals surface area contributed by atoms with Crippen LogP contribution in [-0.4, -0.2) is 74.1 Å². The van der Waals surface area contributed by atoms with E-state index in [0.717, 1.165) is 18.9 Å². The zero-order valence-corrected chi connectivity index (χ0v) is 24.8. The van der Waals surface area contributed by atoms with Crippen LogP contribution in [0.15, 0.2) is 42.5 Å². The van der Waals surface area contributed by atoms with Crippen LogP contribution < -0.4 is 9.64 Å². The molecular weight excluding hydrogens is 614 g/mol. The van der Waals surface area contributed by atoms with Crippen LogP contribution in [0.3, 0.4) is 0 Å². The van der Waals surface area contributed by atoms with Crippen molar-refractivity contribution in [1.82, 2.24) is 25.1 Å². The van der Waals surface area contributed by atoms with E-state index >= 15 is 4.39 Å². The van der Waals surface area contributed by atoms with Crippen molar-refractivity contribution in [3.63, 3.8) is 0 Å². The highest BCUT2D eigenvalue weighted by molar-refractivity contribution is 6.40. The summed E-state index contributed by atoms with van der Waals surface area (Å²) in [7, 11) is 1.63. The number of fused-ring (bicyclic) bond motifs is 3. The number of morpholine rings is 1. The highest BCUT2D eigenvalue weighted by Gasteiger charge is 2.40. The summed E-state index contributed by atoms with van der Waals surface area (Å²) in [6, 6.07) is 11.1. The number of tetrazole rings is 1. The van der Waals surface area contributed by atoms with Gasteiger partial charge in [0.25, 0.3) is 5.91 Å². The van der Waals surface area contributed by atoms with Gasteiger partial charge in [0.2, 0.25) is 5.82 Å².